The number of likely N-dealkylation sites (tertiary alicyclic amines) is 1. The second-order valence-electron chi connectivity index (χ2n) is 4.86. The van der Waals surface area contributed by atoms with E-state index in [2.05, 4.69) is 23.7 Å². The standard InChI is InChI=1S/C11H17N3/c1-11(2)7-14(8-11)6-9-4-3-5-13-10(9)12/h3-5H,6-8H2,1-2H3,(H2,12,13). The zero-order chi connectivity index (χ0) is 10.2. The van der Waals surface area contributed by atoms with E-state index in [1.54, 1.807) is 6.20 Å². The predicted molar refractivity (Wildman–Crippen MR) is 57.7 cm³/mol. The van der Waals surface area contributed by atoms with E-state index < -0.39 is 0 Å². The maximum atomic E-state index is 5.78. The lowest BCUT2D eigenvalue weighted by atomic mass is 9.84. The lowest BCUT2D eigenvalue weighted by molar-refractivity contribution is 0.0243. The first kappa shape index (κ1) is 9.46. The topological polar surface area (TPSA) is 42.2 Å². The van der Waals surface area contributed by atoms with Gasteiger partial charge in [-0.2, -0.15) is 0 Å². The van der Waals surface area contributed by atoms with Crippen LogP contribution in [0.5, 0.6) is 0 Å². The van der Waals surface area contributed by atoms with Crippen molar-refractivity contribution in [3.8, 4) is 0 Å². The Hall–Kier alpha value is -1.09. The van der Waals surface area contributed by atoms with Crippen LogP contribution in [0.25, 0.3) is 0 Å². The summed E-state index contributed by atoms with van der Waals surface area (Å²) >= 11 is 0. The molecule has 0 saturated carbocycles. The van der Waals surface area contributed by atoms with Crippen molar-refractivity contribution < 1.29 is 0 Å². The summed E-state index contributed by atoms with van der Waals surface area (Å²) in [6.45, 7) is 7.82. The van der Waals surface area contributed by atoms with Crippen molar-refractivity contribution in [3.05, 3.63) is 23.9 Å². The lowest BCUT2D eigenvalue weighted by Crippen LogP contribution is -2.52. The van der Waals surface area contributed by atoms with E-state index in [-0.39, 0.29) is 0 Å². The normalized spacial score (nSPS) is 20.4. The zero-order valence-electron chi connectivity index (χ0n) is 8.83. The van der Waals surface area contributed by atoms with Gasteiger partial charge in [0.15, 0.2) is 0 Å². The van der Waals surface area contributed by atoms with Crippen molar-refractivity contribution in [1.82, 2.24) is 9.88 Å². The first-order chi connectivity index (χ1) is 6.57. The van der Waals surface area contributed by atoms with Gasteiger partial charge in [-0.25, -0.2) is 4.98 Å². The average molecular weight is 191 g/mol. The molecule has 0 unspecified atom stereocenters. The summed E-state index contributed by atoms with van der Waals surface area (Å²) in [6.07, 6.45) is 1.73. The Kier molecular flexibility index (Phi) is 2.19. The van der Waals surface area contributed by atoms with E-state index in [1.807, 2.05) is 12.1 Å². The predicted octanol–water partition coefficient (Wildman–Crippen LogP) is 1.51. The first-order valence-corrected chi connectivity index (χ1v) is 4.99. The van der Waals surface area contributed by atoms with Crippen LogP contribution in [0.4, 0.5) is 5.82 Å². The molecule has 1 aliphatic heterocycles. The Balaban J connectivity index is 1.97. The highest BCUT2D eigenvalue weighted by atomic mass is 15.2. The van der Waals surface area contributed by atoms with Gasteiger partial charge in [0, 0.05) is 31.4 Å². The number of nitrogens with two attached hydrogens (primary N) is 1. The van der Waals surface area contributed by atoms with Crippen molar-refractivity contribution in [2.75, 3.05) is 18.8 Å². The third-order valence-corrected chi connectivity index (χ3v) is 2.62. The minimum atomic E-state index is 0.483. The van der Waals surface area contributed by atoms with Crippen LogP contribution in [0, 0.1) is 5.41 Å². The molecule has 0 aromatic carbocycles. The summed E-state index contributed by atoms with van der Waals surface area (Å²) < 4.78 is 0. The summed E-state index contributed by atoms with van der Waals surface area (Å²) in [5.41, 5.74) is 7.40. The molecule has 1 aromatic rings. The number of hydrogen-bond acceptors (Lipinski definition) is 3. The van der Waals surface area contributed by atoms with Crippen LogP contribution < -0.4 is 5.73 Å². The summed E-state index contributed by atoms with van der Waals surface area (Å²) in [7, 11) is 0. The highest BCUT2D eigenvalue weighted by Gasteiger charge is 2.33. The molecule has 3 nitrogen and oxygen atoms in total. The fourth-order valence-corrected chi connectivity index (χ4v) is 2.10. The molecule has 1 aromatic heterocycles. The molecule has 2 rings (SSSR count). The van der Waals surface area contributed by atoms with E-state index in [1.165, 1.54) is 0 Å². The molecule has 1 saturated heterocycles. The van der Waals surface area contributed by atoms with Crippen molar-refractivity contribution in [2.24, 2.45) is 5.41 Å². The minimum absolute atomic E-state index is 0.483. The summed E-state index contributed by atoms with van der Waals surface area (Å²) in [5.74, 6) is 0.664. The molecule has 2 heterocycles. The Morgan fingerprint density at radius 3 is 2.79 bits per heavy atom. The maximum absolute atomic E-state index is 5.78. The Labute approximate surface area is 84.9 Å². The second kappa shape index (κ2) is 3.24. The molecular weight excluding hydrogens is 174 g/mol. The van der Waals surface area contributed by atoms with Crippen LogP contribution in [-0.2, 0) is 6.54 Å². The molecule has 0 aliphatic carbocycles. The summed E-state index contributed by atoms with van der Waals surface area (Å²) in [5, 5.41) is 0. The number of rotatable bonds is 2. The van der Waals surface area contributed by atoms with E-state index in [4.69, 9.17) is 5.73 Å². The molecule has 0 spiro atoms. The van der Waals surface area contributed by atoms with Crippen LogP contribution in [-0.4, -0.2) is 23.0 Å². The van der Waals surface area contributed by atoms with Gasteiger partial charge < -0.3 is 5.73 Å². The zero-order valence-corrected chi connectivity index (χ0v) is 8.83. The molecule has 0 radical (unpaired) electrons. The Morgan fingerprint density at radius 1 is 1.50 bits per heavy atom. The van der Waals surface area contributed by atoms with Crippen LogP contribution in [0.1, 0.15) is 19.4 Å². The number of hydrogen-bond donors (Lipinski definition) is 1. The van der Waals surface area contributed by atoms with E-state index in [9.17, 15) is 0 Å². The van der Waals surface area contributed by atoms with Crippen molar-refractivity contribution in [2.45, 2.75) is 20.4 Å². The molecule has 3 heteroatoms. The fourth-order valence-electron chi connectivity index (χ4n) is 2.10. The van der Waals surface area contributed by atoms with Crippen LogP contribution in [0.15, 0.2) is 18.3 Å². The molecule has 2 N–H and O–H groups in total. The van der Waals surface area contributed by atoms with Gasteiger partial charge >= 0.3 is 0 Å². The lowest BCUT2D eigenvalue weighted by Gasteiger charge is -2.46. The molecule has 1 aliphatic rings. The van der Waals surface area contributed by atoms with Gasteiger partial charge in [-0.05, 0) is 11.5 Å². The van der Waals surface area contributed by atoms with Crippen LogP contribution in [0.2, 0.25) is 0 Å². The average Bonchev–Trinajstić information content (AvgIpc) is 2.05. The molecule has 0 bridgehead atoms. The van der Waals surface area contributed by atoms with E-state index >= 15 is 0 Å². The smallest absolute Gasteiger partial charge is 0.127 e. The second-order valence-corrected chi connectivity index (χ2v) is 4.86. The van der Waals surface area contributed by atoms with Gasteiger partial charge in [-0.15, -0.1) is 0 Å². The molecule has 0 atom stereocenters. The number of nitrogens with zero attached hydrogens (tertiary/aromatic N) is 2. The number of aromatic nitrogens is 1. The van der Waals surface area contributed by atoms with Gasteiger partial charge in [0.05, 0.1) is 0 Å². The molecule has 14 heavy (non-hydrogen) atoms. The molecular formula is C11H17N3. The highest BCUT2D eigenvalue weighted by molar-refractivity contribution is 5.38. The number of pyridine rings is 1. The molecule has 1 fully saturated rings. The fraction of sp³-hybridized carbons (Fsp3) is 0.545. The number of nitrogen functional groups attached to an aromatic ring is 1. The van der Waals surface area contributed by atoms with Crippen LogP contribution >= 0.6 is 0 Å². The van der Waals surface area contributed by atoms with Crippen molar-refractivity contribution >= 4 is 5.82 Å². The third-order valence-electron chi connectivity index (χ3n) is 2.62. The Morgan fingerprint density at radius 2 is 2.21 bits per heavy atom. The Bertz CT molecular complexity index is 325. The van der Waals surface area contributed by atoms with Gasteiger partial charge in [0.25, 0.3) is 0 Å². The highest BCUT2D eigenvalue weighted by Crippen LogP contribution is 2.30. The van der Waals surface area contributed by atoms with Crippen molar-refractivity contribution in [3.63, 3.8) is 0 Å². The summed E-state index contributed by atoms with van der Waals surface area (Å²) in [6, 6.07) is 3.99. The SMILES string of the molecule is CC1(C)CN(Cc2cccnc2N)C1. The largest absolute Gasteiger partial charge is 0.383 e. The van der Waals surface area contributed by atoms with Gasteiger partial charge in [-0.1, -0.05) is 19.9 Å². The molecule has 76 valence electrons. The molecule has 0 amide bonds. The van der Waals surface area contributed by atoms with Gasteiger partial charge in [0.1, 0.15) is 5.82 Å². The van der Waals surface area contributed by atoms with E-state index in [0.29, 0.717) is 11.2 Å². The first-order valence-electron chi connectivity index (χ1n) is 4.99. The third kappa shape index (κ3) is 1.87. The number of anilines is 1. The van der Waals surface area contributed by atoms with Crippen LogP contribution in [0.3, 0.4) is 0 Å². The minimum Gasteiger partial charge on any atom is -0.383 e. The summed E-state index contributed by atoms with van der Waals surface area (Å²) in [4.78, 5) is 6.47. The van der Waals surface area contributed by atoms with E-state index in [0.717, 1.165) is 25.2 Å². The maximum Gasteiger partial charge on any atom is 0.127 e. The quantitative estimate of drug-likeness (QED) is 0.770. The van der Waals surface area contributed by atoms with Crippen molar-refractivity contribution in [1.29, 1.82) is 0 Å². The van der Waals surface area contributed by atoms with Gasteiger partial charge in [-0.3, -0.25) is 4.90 Å². The van der Waals surface area contributed by atoms with Gasteiger partial charge in [0.2, 0.25) is 0 Å². The monoisotopic (exact) mass is 191 g/mol.